The molecule has 1 saturated heterocycles. The van der Waals surface area contributed by atoms with Gasteiger partial charge in [0.25, 0.3) is 5.69 Å². The van der Waals surface area contributed by atoms with Crippen molar-refractivity contribution in [3.63, 3.8) is 0 Å². The fourth-order valence-electron chi connectivity index (χ4n) is 5.20. The first kappa shape index (κ1) is 26.9. The zero-order valence-corrected chi connectivity index (χ0v) is 22.3. The summed E-state index contributed by atoms with van der Waals surface area (Å²) in [5.74, 6) is -0.480. The molecular formula is C30H31ClN4O4. The summed E-state index contributed by atoms with van der Waals surface area (Å²) < 4.78 is 7.49. The lowest BCUT2D eigenvalue weighted by molar-refractivity contribution is -0.384. The highest BCUT2D eigenvalue weighted by atomic mass is 35.5. The van der Waals surface area contributed by atoms with Crippen molar-refractivity contribution in [3.8, 4) is 0 Å². The van der Waals surface area contributed by atoms with Crippen molar-refractivity contribution in [1.29, 1.82) is 0 Å². The molecule has 4 aromatic rings. The number of nitrogens with one attached hydrogen (secondary N) is 1. The highest BCUT2D eigenvalue weighted by molar-refractivity contribution is 6.31. The predicted molar refractivity (Wildman–Crippen MR) is 152 cm³/mol. The zero-order chi connectivity index (χ0) is 27.2. The minimum absolute atomic E-state index is 0.00841. The van der Waals surface area contributed by atoms with Crippen molar-refractivity contribution in [2.75, 3.05) is 39.4 Å². The van der Waals surface area contributed by atoms with Crippen LogP contribution in [-0.4, -0.2) is 59.7 Å². The minimum Gasteiger partial charge on any atom is -0.379 e. The summed E-state index contributed by atoms with van der Waals surface area (Å²) in [7, 11) is 0. The van der Waals surface area contributed by atoms with E-state index >= 15 is 0 Å². The van der Waals surface area contributed by atoms with E-state index in [1.165, 1.54) is 6.07 Å². The molecule has 1 N–H and O–H groups in total. The summed E-state index contributed by atoms with van der Waals surface area (Å²) in [6, 6.07) is 22.4. The molecule has 1 aliphatic rings. The van der Waals surface area contributed by atoms with Gasteiger partial charge in [-0.1, -0.05) is 60.1 Å². The lowest BCUT2D eigenvalue weighted by Gasteiger charge is -2.26. The van der Waals surface area contributed by atoms with E-state index in [1.54, 1.807) is 12.1 Å². The third kappa shape index (κ3) is 6.47. The molecule has 1 amide bonds. The average molecular weight is 547 g/mol. The number of non-ortho nitro benzene ring substituents is 1. The van der Waals surface area contributed by atoms with Crippen molar-refractivity contribution < 1.29 is 14.5 Å². The number of carbonyl (C=O) groups is 1. The van der Waals surface area contributed by atoms with Crippen molar-refractivity contribution in [2.24, 2.45) is 0 Å². The Bertz CT molecular complexity index is 1450. The van der Waals surface area contributed by atoms with Gasteiger partial charge in [0.1, 0.15) is 0 Å². The molecule has 1 atom stereocenters. The van der Waals surface area contributed by atoms with Gasteiger partial charge in [-0.2, -0.15) is 0 Å². The number of aromatic nitrogens is 1. The number of hydrogen-bond acceptors (Lipinski definition) is 5. The third-order valence-electron chi connectivity index (χ3n) is 7.20. The van der Waals surface area contributed by atoms with Crippen molar-refractivity contribution in [3.05, 3.63) is 111 Å². The molecule has 1 aliphatic heterocycles. The number of hydrogen-bond donors (Lipinski definition) is 1. The van der Waals surface area contributed by atoms with Gasteiger partial charge >= 0.3 is 0 Å². The molecule has 0 spiro atoms. The smallest absolute Gasteiger partial charge is 0.270 e. The van der Waals surface area contributed by atoms with E-state index in [0.717, 1.165) is 47.2 Å². The van der Waals surface area contributed by atoms with E-state index in [9.17, 15) is 14.9 Å². The molecule has 8 nitrogen and oxygen atoms in total. The van der Waals surface area contributed by atoms with Gasteiger partial charge in [-0.15, -0.1) is 0 Å². The Kier molecular flexibility index (Phi) is 8.56. The molecule has 0 aliphatic carbocycles. The fraction of sp³-hybridized carbons (Fsp3) is 0.300. The third-order valence-corrected chi connectivity index (χ3v) is 7.55. The molecule has 2 heterocycles. The molecule has 39 heavy (non-hydrogen) atoms. The van der Waals surface area contributed by atoms with Crippen molar-refractivity contribution >= 4 is 34.1 Å². The van der Waals surface area contributed by atoms with Crippen LogP contribution in [-0.2, 0) is 16.1 Å². The van der Waals surface area contributed by atoms with Gasteiger partial charge in [-0.3, -0.25) is 19.8 Å². The summed E-state index contributed by atoms with van der Waals surface area (Å²) in [4.78, 5) is 26.8. The van der Waals surface area contributed by atoms with E-state index in [-0.39, 0.29) is 28.9 Å². The number of benzene rings is 3. The predicted octanol–water partition coefficient (Wildman–Crippen LogP) is 5.22. The van der Waals surface area contributed by atoms with Gasteiger partial charge < -0.3 is 14.6 Å². The highest BCUT2D eigenvalue weighted by Crippen LogP contribution is 2.39. The first-order valence-corrected chi connectivity index (χ1v) is 13.5. The topological polar surface area (TPSA) is 89.6 Å². The van der Waals surface area contributed by atoms with Crippen LogP contribution in [0, 0.1) is 10.1 Å². The molecular weight excluding hydrogens is 516 g/mol. The first-order valence-electron chi connectivity index (χ1n) is 13.1. The molecule has 0 radical (unpaired) electrons. The number of ether oxygens (including phenoxy) is 1. The maximum atomic E-state index is 13.2. The van der Waals surface area contributed by atoms with Crippen LogP contribution in [0.4, 0.5) is 5.69 Å². The van der Waals surface area contributed by atoms with E-state index in [2.05, 4.69) is 14.8 Å². The van der Waals surface area contributed by atoms with Crippen LogP contribution >= 0.6 is 11.6 Å². The Balaban J connectivity index is 1.49. The Labute approximate surface area is 232 Å². The summed E-state index contributed by atoms with van der Waals surface area (Å²) in [5, 5.41) is 16.0. The van der Waals surface area contributed by atoms with Crippen LogP contribution in [0.3, 0.4) is 0 Å². The fourth-order valence-corrected chi connectivity index (χ4v) is 5.46. The molecule has 5 rings (SSSR count). The quantitative estimate of drug-likeness (QED) is 0.217. The van der Waals surface area contributed by atoms with Gasteiger partial charge in [-0.05, 0) is 28.8 Å². The highest BCUT2D eigenvalue weighted by Gasteiger charge is 2.26. The van der Waals surface area contributed by atoms with E-state index < -0.39 is 0 Å². The van der Waals surface area contributed by atoms with Gasteiger partial charge in [0.15, 0.2) is 0 Å². The van der Waals surface area contributed by atoms with Gasteiger partial charge in [0.2, 0.25) is 5.91 Å². The molecule has 1 aromatic heterocycles. The molecule has 0 bridgehead atoms. The Morgan fingerprint density at radius 1 is 1.03 bits per heavy atom. The van der Waals surface area contributed by atoms with Crippen LogP contribution < -0.4 is 5.32 Å². The molecule has 1 fully saturated rings. The van der Waals surface area contributed by atoms with Crippen LogP contribution in [0.2, 0.25) is 5.02 Å². The van der Waals surface area contributed by atoms with Crippen molar-refractivity contribution in [1.82, 2.24) is 14.8 Å². The summed E-state index contributed by atoms with van der Waals surface area (Å²) in [6.45, 7) is 5.03. The molecule has 3 aromatic carbocycles. The minimum atomic E-state index is -0.388. The zero-order valence-electron chi connectivity index (χ0n) is 21.6. The summed E-state index contributed by atoms with van der Waals surface area (Å²) in [6.07, 6.45) is 2.18. The number of nitro benzene ring substituents is 1. The maximum absolute atomic E-state index is 13.2. The molecule has 202 valence electrons. The van der Waals surface area contributed by atoms with E-state index in [1.807, 2.05) is 60.8 Å². The Morgan fingerprint density at radius 3 is 2.51 bits per heavy atom. The summed E-state index contributed by atoms with van der Waals surface area (Å²) >= 11 is 6.66. The lowest BCUT2D eigenvalue weighted by Crippen LogP contribution is -2.41. The second-order valence-electron chi connectivity index (χ2n) is 9.74. The number of nitrogens with zero attached hydrogens (tertiary/aromatic N) is 3. The number of carbonyl (C=O) groups excluding carboxylic acids is 1. The standard InChI is InChI=1S/C30H31ClN4O4/c31-28-9-5-4-8-24(28)25(19-30(36)32-12-13-33-14-16-39-17-15-33)27-21-34(20-22-6-2-1-3-7-22)29-11-10-23(35(37)38)18-26(27)29/h1-11,18,21,25H,12-17,19-20H2,(H,32,36). The molecule has 9 heteroatoms. The van der Waals surface area contributed by atoms with Crippen molar-refractivity contribution in [2.45, 2.75) is 18.9 Å². The second-order valence-corrected chi connectivity index (χ2v) is 10.1. The maximum Gasteiger partial charge on any atom is 0.270 e. The molecule has 0 saturated carbocycles. The van der Waals surface area contributed by atoms with E-state index in [4.69, 9.17) is 16.3 Å². The Morgan fingerprint density at radius 2 is 1.77 bits per heavy atom. The largest absolute Gasteiger partial charge is 0.379 e. The number of amides is 1. The average Bonchev–Trinajstić information content (AvgIpc) is 3.30. The normalized spacial score (nSPS) is 14.8. The SMILES string of the molecule is O=C(CC(c1ccccc1Cl)c1cn(Cc2ccccc2)c2ccc([N+](=O)[O-])cc12)NCCN1CCOCC1. The number of nitro groups is 1. The first-order chi connectivity index (χ1) is 19.0. The number of rotatable bonds is 10. The van der Waals surface area contributed by atoms with Crippen LogP contribution in [0.25, 0.3) is 10.9 Å². The van der Waals surface area contributed by atoms with E-state index in [0.29, 0.717) is 31.3 Å². The second kappa shape index (κ2) is 12.4. The monoisotopic (exact) mass is 546 g/mol. The Hall–Kier alpha value is -3.72. The van der Waals surface area contributed by atoms with Crippen LogP contribution in [0.15, 0.2) is 79.0 Å². The van der Waals surface area contributed by atoms with Crippen LogP contribution in [0.1, 0.15) is 29.0 Å². The number of fused-ring (bicyclic) bond motifs is 1. The van der Waals surface area contributed by atoms with Crippen LogP contribution in [0.5, 0.6) is 0 Å². The van der Waals surface area contributed by atoms with Gasteiger partial charge in [0.05, 0.1) is 18.1 Å². The molecule has 1 unspecified atom stereocenters. The lowest BCUT2D eigenvalue weighted by atomic mass is 9.88. The number of morpholine rings is 1. The summed E-state index contributed by atoms with van der Waals surface area (Å²) in [5.41, 5.74) is 3.63. The number of halogens is 1. The van der Waals surface area contributed by atoms with Gasteiger partial charge in [-0.25, -0.2) is 0 Å². The van der Waals surface area contributed by atoms with Gasteiger partial charge in [0, 0.05) is 79.3 Å².